The molecule has 0 unspecified atom stereocenters. The largest absolute Gasteiger partial charge is 2.00 e. The topological polar surface area (TPSA) is 111 Å². The van der Waals surface area contributed by atoms with Gasteiger partial charge in [0.25, 0.3) is 0 Å². The summed E-state index contributed by atoms with van der Waals surface area (Å²) in [4.78, 5) is 8.63. The molecule has 0 saturated carbocycles. The molecule has 0 heterocycles. The smallest absolute Gasteiger partial charge is 0.871 e. The zero-order valence-electron chi connectivity index (χ0n) is 27.6. The number of aliphatic hydroxyl groups excluding tert-OH is 2. The predicted molar refractivity (Wildman–Crippen MR) is 192 cm³/mol. The van der Waals surface area contributed by atoms with Crippen LogP contribution in [0.3, 0.4) is 0 Å². The van der Waals surface area contributed by atoms with E-state index < -0.39 is 0 Å². The summed E-state index contributed by atoms with van der Waals surface area (Å²) in [6.45, 7) is 0. The van der Waals surface area contributed by atoms with Gasteiger partial charge in [0, 0.05) is 26.6 Å². The first-order valence-electron chi connectivity index (χ1n) is 15.5. The Morgan fingerprint density at radius 2 is 0.796 bits per heavy atom. The SMILES string of the molecule is CO.CO.[O-]c1ccccc1N=Cc1ccc2c(c1)Cc1ccccc1-2.[O-]c1ccccc1N=Cc1ccc2c(c1)Cc1ccccc1-2.[Zn+2]. The van der Waals surface area contributed by atoms with Crippen LogP contribution in [0.4, 0.5) is 11.4 Å². The summed E-state index contributed by atoms with van der Waals surface area (Å²) >= 11 is 0. The van der Waals surface area contributed by atoms with Crippen LogP contribution < -0.4 is 10.2 Å². The van der Waals surface area contributed by atoms with Gasteiger partial charge in [-0.1, -0.05) is 121 Å². The van der Waals surface area contributed by atoms with Crippen molar-refractivity contribution in [2.45, 2.75) is 12.8 Å². The maximum atomic E-state index is 11.7. The van der Waals surface area contributed by atoms with E-state index in [-0.39, 0.29) is 31.0 Å². The van der Waals surface area contributed by atoms with Crippen molar-refractivity contribution in [2.24, 2.45) is 9.98 Å². The molecule has 2 aliphatic carbocycles. The minimum absolute atomic E-state index is 0. The van der Waals surface area contributed by atoms with E-state index in [9.17, 15) is 10.2 Å². The predicted octanol–water partition coefficient (Wildman–Crippen LogP) is 7.38. The molecular formula is C42H36N2O4Zn. The summed E-state index contributed by atoms with van der Waals surface area (Å²) in [5.74, 6) is -0.0976. The molecule has 49 heavy (non-hydrogen) atoms. The number of para-hydroxylation sites is 4. The van der Waals surface area contributed by atoms with Crippen LogP contribution in [0.1, 0.15) is 33.4 Å². The van der Waals surface area contributed by atoms with Crippen molar-refractivity contribution >= 4 is 23.8 Å². The van der Waals surface area contributed by atoms with Crippen molar-refractivity contribution in [1.82, 2.24) is 0 Å². The second kappa shape index (κ2) is 17.8. The monoisotopic (exact) mass is 696 g/mol. The minimum atomic E-state index is -0.0488. The van der Waals surface area contributed by atoms with Gasteiger partial charge in [0.2, 0.25) is 0 Å². The Balaban J connectivity index is 0.000000197. The van der Waals surface area contributed by atoms with Crippen LogP contribution in [-0.2, 0) is 32.3 Å². The van der Waals surface area contributed by atoms with Crippen LogP contribution in [0.25, 0.3) is 22.3 Å². The Hall–Kier alpha value is -5.20. The van der Waals surface area contributed by atoms with Crippen LogP contribution in [0.15, 0.2) is 143 Å². The van der Waals surface area contributed by atoms with Gasteiger partial charge in [-0.2, -0.15) is 0 Å². The van der Waals surface area contributed by atoms with E-state index in [4.69, 9.17) is 10.2 Å². The molecular weight excluding hydrogens is 662 g/mol. The number of aliphatic hydroxyl groups is 2. The third kappa shape index (κ3) is 8.64. The van der Waals surface area contributed by atoms with Crippen LogP contribution in [0.2, 0.25) is 0 Å². The van der Waals surface area contributed by atoms with E-state index in [1.807, 2.05) is 12.1 Å². The molecule has 6 aromatic carbocycles. The van der Waals surface area contributed by atoms with Crippen LogP contribution >= 0.6 is 0 Å². The fourth-order valence-corrected chi connectivity index (χ4v) is 5.91. The minimum Gasteiger partial charge on any atom is -0.871 e. The van der Waals surface area contributed by atoms with Crippen LogP contribution in [-0.4, -0.2) is 36.9 Å². The van der Waals surface area contributed by atoms with E-state index >= 15 is 0 Å². The molecule has 0 saturated heterocycles. The average molecular weight is 698 g/mol. The van der Waals surface area contributed by atoms with Gasteiger partial charge in [-0.05, 0) is 92.7 Å². The van der Waals surface area contributed by atoms with Crippen molar-refractivity contribution in [3.05, 3.63) is 167 Å². The van der Waals surface area contributed by atoms with Crippen LogP contribution in [0, 0.1) is 0 Å². The molecule has 0 aliphatic heterocycles. The number of hydrogen-bond donors (Lipinski definition) is 2. The zero-order valence-corrected chi connectivity index (χ0v) is 30.6. The molecule has 240 valence electrons. The average Bonchev–Trinajstić information content (AvgIpc) is 3.70. The molecule has 0 bridgehead atoms. The fourth-order valence-electron chi connectivity index (χ4n) is 5.91. The Morgan fingerprint density at radius 1 is 0.449 bits per heavy atom. The summed E-state index contributed by atoms with van der Waals surface area (Å²) in [6, 6.07) is 43.4. The van der Waals surface area contributed by atoms with Gasteiger partial charge >= 0.3 is 19.5 Å². The second-order valence-electron chi connectivity index (χ2n) is 11.0. The van der Waals surface area contributed by atoms with Gasteiger partial charge in [0.15, 0.2) is 0 Å². The first-order valence-corrected chi connectivity index (χ1v) is 15.5. The Bertz CT molecular complexity index is 1920. The first kappa shape index (κ1) is 36.6. The second-order valence-corrected chi connectivity index (χ2v) is 11.0. The van der Waals surface area contributed by atoms with Crippen molar-refractivity contribution in [2.75, 3.05) is 14.2 Å². The summed E-state index contributed by atoms with van der Waals surface area (Å²) in [7, 11) is 2.00. The van der Waals surface area contributed by atoms with Gasteiger partial charge in [-0.25, -0.2) is 0 Å². The molecule has 0 amide bonds. The molecule has 0 radical (unpaired) electrons. The van der Waals surface area contributed by atoms with E-state index in [2.05, 4.69) is 94.9 Å². The van der Waals surface area contributed by atoms with E-state index in [0.29, 0.717) is 11.4 Å². The zero-order chi connectivity index (χ0) is 33.9. The fraction of sp³-hybridized carbons (Fsp3) is 0.0952. The number of rotatable bonds is 4. The summed E-state index contributed by atoms with van der Waals surface area (Å²) in [5, 5.41) is 37.3. The molecule has 0 aromatic heterocycles. The van der Waals surface area contributed by atoms with Crippen LogP contribution in [0.5, 0.6) is 11.5 Å². The quantitative estimate of drug-likeness (QED) is 0.148. The molecule has 0 spiro atoms. The molecule has 2 aliphatic rings. The van der Waals surface area contributed by atoms with Gasteiger partial charge in [-0.3, -0.25) is 9.98 Å². The molecule has 8 rings (SSSR count). The number of nitrogens with zero attached hydrogens (tertiary/aromatic N) is 2. The molecule has 0 fully saturated rings. The molecule has 6 aromatic rings. The van der Waals surface area contributed by atoms with Gasteiger partial charge in [0.05, 0.1) is 11.4 Å². The molecule has 7 heteroatoms. The Morgan fingerprint density at radius 3 is 1.20 bits per heavy atom. The maximum Gasteiger partial charge on any atom is 2.00 e. The van der Waals surface area contributed by atoms with Gasteiger partial charge < -0.3 is 20.4 Å². The van der Waals surface area contributed by atoms with E-state index in [0.717, 1.165) is 38.2 Å². The summed E-state index contributed by atoms with van der Waals surface area (Å²) < 4.78 is 0. The molecule has 6 nitrogen and oxygen atoms in total. The Kier molecular flexibility index (Phi) is 13.3. The van der Waals surface area contributed by atoms with Gasteiger partial charge in [0.1, 0.15) is 0 Å². The van der Waals surface area contributed by atoms with Gasteiger partial charge in [-0.15, -0.1) is 0 Å². The van der Waals surface area contributed by atoms with Crippen molar-refractivity contribution in [1.29, 1.82) is 0 Å². The third-order valence-electron chi connectivity index (χ3n) is 8.07. The number of aliphatic imine (C=N–C) groups is 2. The van der Waals surface area contributed by atoms with Crippen molar-refractivity contribution in [3.63, 3.8) is 0 Å². The standard InChI is InChI=1S/2C20H15NO.2CH4O.Zn/c2*22-20-8-4-3-7-19(20)21-13-14-9-10-18-16(11-14)12-15-5-1-2-6-17(15)18;2*1-2;/h2*1-11,13,22H,12H2;2*2H,1H3;/q;;;;+2/p-2. The third-order valence-corrected chi connectivity index (χ3v) is 8.07. The summed E-state index contributed by atoms with van der Waals surface area (Å²) in [5.41, 5.74) is 13.6. The van der Waals surface area contributed by atoms with Crippen molar-refractivity contribution in [3.8, 4) is 33.8 Å². The van der Waals surface area contributed by atoms with Crippen molar-refractivity contribution < 1.29 is 39.9 Å². The van der Waals surface area contributed by atoms with E-state index in [1.54, 1.807) is 36.7 Å². The van der Waals surface area contributed by atoms with E-state index in [1.165, 1.54) is 56.6 Å². The Labute approximate surface area is 300 Å². The molecule has 2 N–H and O–H groups in total. The number of fused-ring (bicyclic) bond motifs is 6. The summed E-state index contributed by atoms with van der Waals surface area (Å²) in [6.07, 6.45) is 5.46. The maximum absolute atomic E-state index is 11.7. The first-order chi connectivity index (χ1) is 23.6. The molecule has 0 atom stereocenters. The number of hydrogen-bond acceptors (Lipinski definition) is 6. The normalized spacial score (nSPS) is 11.3. The number of benzene rings is 6.